The lowest BCUT2D eigenvalue weighted by atomic mass is 10.1. The van der Waals surface area contributed by atoms with E-state index in [0.717, 1.165) is 24.6 Å². The molecule has 0 saturated heterocycles. The van der Waals surface area contributed by atoms with E-state index in [1.807, 2.05) is 19.1 Å². The minimum atomic E-state index is -0.600. The van der Waals surface area contributed by atoms with Gasteiger partial charge in [-0.25, -0.2) is 8.78 Å². The number of nitrogens with one attached hydrogen (secondary N) is 2. The first kappa shape index (κ1) is 15.0. The van der Waals surface area contributed by atoms with Gasteiger partial charge in [-0.3, -0.25) is 4.79 Å². The summed E-state index contributed by atoms with van der Waals surface area (Å²) in [6, 6.07) is 10.5. The molecule has 1 amide bonds. The molecule has 0 saturated carbocycles. The lowest BCUT2D eigenvalue weighted by Gasteiger charge is -2.09. The highest BCUT2D eigenvalue weighted by Gasteiger charge is 2.06. The van der Waals surface area contributed by atoms with E-state index in [2.05, 4.69) is 10.6 Å². The number of carbonyl (C=O) groups is 1. The van der Waals surface area contributed by atoms with Crippen molar-refractivity contribution in [3.05, 3.63) is 59.7 Å². The van der Waals surface area contributed by atoms with Crippen LogP contribution in [0.5, 0.6) is 0 Å². The molecular weight excluding hydrogens is 274 g/mol. The normalized spacial score (nSPS) is 10.2. The fourth-order valence-electron chi connectivity index (χ4n) is 1.84. The molecule has 0 unspecified atom stereocenters. The maximum atomic E-state index is 13.4. The van der Waals surface area contributed by atoms with Gasteiger partial charge in [0.1, 0.15) is 11.6 Å². The number of anilines is 2. The number of aryl methyl sites for hydroxylation is 1. The third-order valence-corrected chi connectivity index (χ3v) is 3.01. The molecule has 3 nitrogen and oxygen atoms in total. The van der Waals surface area contributed by atoms with Crippen LogP contribution < -0.4 is 10.6 Å². The number of halogens is 2. The number of hydrogen-bond acceptors (Lipinski definition) is 2. The van der Waals surface area contributed by atoms with Crippen molar-refractivity contribution in [2.75, 3.05) is 17.2 Å². The van der Waals surface area contributed by atoms with Gasteiger partial charge >= 0.3 is 0 Å². The predicted molar refractivity (Wildman–Crippen MR) is 79.3 cm³/mol. The van der Waals surface area contributed by atoms with E-state index in [1.165, 1.54) is 5.56 Å². The molecule has 110 valence electrons. The molecule has 0 spiro atoms. The lowest BCUT2D eigenvalue weighted by Crippen LogP contribution is -2.22. The summed E-state index contributed by atoms with van der Waals surface area (Å²) in [6.07, 6.45) is 0.925. The topological polar surface area (TPSA) is 41.1 Å². The van der Waals surface area contributed by atoms with Crippen LogP contribution >= 0.6 is 0 Å². The molecule has 2 aromatic carbocycles. The number of benzene rings is 2. The van der Waals surface area contributed by atoms with Crippen molar-refractivity contribution in [2.24, 2.45) is 0 Å². The molecule has 21 heavy (non-hydrogen) atoms. The van der Waals surface area contributed by atoms with Gasteiger partial charge in [-0.15, -0.1) is 0 Å². The Morgan fingerprint density at radius 2 is 1.81 bits per heavy atom. The van der Waals surface area contributed by atoms with Crippen molar-refractivity contribution in [1.82, 2.24) is 0 Å². The first-order valence-electron chi connectivity index (χ1n) is 6.66. The minimum absolute atomic E-state index is 0.0357. The molecule has 0 aromatic heterocycles. The Balaban J connectivity index is 1.91. The second-order valence-electron chi connectivity index (χ2n) is 4.58. The van der Waals surface area contributed by atoms with E-state index in [1.54, 1.807) is 12.1 Å². The summed E-state index contributed by atoms with van der Waals surface area (Å²) < 4.78 is 26.4. The Morgan fingerprint density at radius 3 is 2.48 bits per heavy atom. The molecule has 0 bridgehead atoms. The number of rotatable bonds is 5. The van der Waals surface area contributed by atoms with Gasteiger partial charge in [0.2, 0.25) is 5.91 Å². The van der Waals surface area contributed by atoms with Crippen LogP contribution in [0.4, 0.5) is 20.2 Å². The Bertz CT molecular complexity index is 627. The van der Waals surface area contributed by atoms with E-state index in [0.29, 0.717) is 5.69 Å². The van der Waals surface area contributed by atoms with Gasteiger partial charge in [-0.05, 0) is 42.3 Å². The van der Waals surface area contributed by atoms with Crippen LogP contribution in [0.3, 0.4) is 0 Å². The van der Waals surface area contributed by atoms with E-state index < -0.39 is 11.6 Å². The zero-order valence-electron chi connectivity index (χ0n) is 11.6. The smallest absolute Gasteiger partial charge is 0.243 e. The first-order valence-corrected chi connectivity index (χ1v) is 6.66. The maximum Gasteiger partial charge on any atom is 0.243 e. The summed E-state index contributed by atoms with van der Waals surface area (Å²) in [5.41, 5.74) is 1.80. The van der Waals surface area contributed by atoms with Crippen molar-refractivity contribution < 1.29 is 13.6 Å². The summed E-state index contributed by atoms with van der Waals surface area (Å²) >= 11 is 0. The predicted octanol–water partition coefficient (Wildman–Crippen LogP) is 3.58. The molecule has 0 heterocycles. The summed E-state index contributed by atoms with van der Waals surface area (Å²) in [7, 11) is 0. The highest BCUT2D eigenvalue weighted by atomic mass is 19.1. The van der Waals surface area contributed by atoms with Crippen molar-refractivity contribution >= 4 is 17.3 Å². The van der Waals surface area contributed by atoms with Gasteiger partial charge in [0.25, 0.3) is 0 Å². The molecule has 0 aliphatic carbocycles. The summed E-state index contributed by atoms with van der Waals surface area (Å²) in [6.45, 7) is 1.90. The Hall–Kier alpha value is -2.43. The third kappa shape index (κ3) is 4.27. The Morgan fingerprint density at radius 1 is 1.10 bits per heavy atom. The minimum Gasteiger partial charge on any atom is -0.374 e. The van der Waals surface area contributed by atoms with Gasteiger partial charge in [0, 0.05) is 5.69 Å². The first-order chi connectivity index (χ1) is 10.1. The van der Waals surface area contributed by atoms with Crippen molar-refractivity contribution in [3.63, 3.8) is 0 Å². The van der Waals surface area contributed by atoms with E-state index >= 15 is 0 Å². The summed E-state index contributed by atoms with van der Waals surface area (Å²) in [5, 5.41) is 5.25. The van der Waals surface area contributed by atoms with Gasteiger partial charge in [0.05, 0.1) is 12.2 Å². The van der Waals surface area contributed by atoms with Gasteiger partial charge in [0.15, 0.2) is 0 Å². The highest BCUT2D eigenvalue weighted by molar-refractivity contribution is 5.93. The molecular formula is C16H16F2N2O. The fourth-order valence-corrected chi connectivity index (χ4v) is 1.84. The zero-order valence-corrected chi connectivity index (χ0v) is 11.6. The average Bonchev–Trinajstić information content (AvgIpc) is 2.49. The molecule has 0 fully saturated rings. The Kier molecular flexibility index (Phi) is 4.87. The third-order valence-electron chi connectivity index (χ3n) is 3.01. The standard InChI is InChI=1S/C16H16F2N2O/c1-2-11-3-6-13(7-4-11)20-16(21)10-19-15-9-12(17)5-8-14(15)18/h3-9,19H,2,10H2,1H3,(H,20,21). The van der Waals surface area contributed by atoms with Crippen LogP contribution in [-0.2, 0) is 11.2 Å². The molecule has 2 rings (SSSR count). The summed E-state index contributed by atoms with van der Waals surface area (Å²) in [4.78, 5) is 11.7. The van der Waals surface area contributed by atoms with Gasteiger partial charge in [-0.2, -0.15) is 0 Å². The molecule has 5 heteroatoms. The number of carbonyl (C=O) groups excluding carboxylic acids is 1. The molecule has 2 N–H and O–H groups in total. The second-order valence-corrected chi connectivity index (χ2v) is 4.58. The van der Waals surface area contributed by atoms with Gasteiger partial charge < -0.3 is 10.6 Å². The van der Waals surface area contributed by atoms with Crippen LogP contribution in [0.2, 0.25) is 0 Å². The summed E-state index contributed by atoms with van der Waals surface area (Å²) in [5.74, 6) is -1.49. The maximum absolute atomic E-state index is 13.4. The molecule has 2 aromatic rings. The fraction of sp³-hybridized carbons (Fsp3) is 0.188. The van der Waals surface area contributed by atoms with Crippen molar-refractivity contribution in [2.45, 2.75) is 13.3 Å². The van der Waals surface area contributed by atoms with E-state index in [-0.39, 0.29) is 18.1 Å². The van der Waals surface area contributed by atoms with Crippen LogP contribution in [0, 0.1) is 11.6 Å². The monoisotopic (exact) mass is 290 g/mol. The van der Waals surface area contributed by atoms with E-state index in [9.17, 15) is 13.6 Å². The average molecular weight is 290 g/mol. The zero-order chi connectivity index (χ0) is 15.2. The van der Waals surface area contributed by atoms with E-state index in [4.69, 9.17) is 0 Å². The van der Waals surface area contributed by atoms with Crippen molar-refractivity contribution in [3.8, 4) is 0 Å². The molecule has 0 radical (unpaired) electrons. The largest absolute Gasteiger partial charge is 0.374 e. The van der Waals surface area contributed by atoms with Crippen LogP contribution in [0.1, 0.15) is 12.5 Å². The number of amides is 1. The quantitative estimate of drug-likeness (QED) is 0.883. The molecule has 0 aliphatic rings. The molecule has 0 aliphatic heterocycles. The van der Waals surface area contributed by atoms with Crippen LogP contribution in [-0.4, -0.2) is 12.5 Å². The van der Waals surface area contributed by atoms with Gasteiger partial charge in [-0.1, -0.05) is 19.1 Å². The SMILES string of the molecule is CCc1ccc(NC(=O)CNc2cc(F)ccc2F)cc1. The number of hydrogen-bond donors (Lipinski definition) is 2. The molecule has 0 atom stereocenters. The van der Waals surface area contributed by atoms with Crippen LogP contribution in [0.25, 0.3) is 0 Å². The van der Waals surface area contributed by atoms with Crippen molar-refractivity contribution in [1.29, 1.82) is 0 Å². The second kappa shape index (κ2) is 6.83. The van der Waals surface area contributed by atoms with Crippen LogP contribution in [0.15, 0.2) is 42.5 Å². The highest BCUT2D eigenvalue weighted by Crippen LogP contribution is 2.15. The lowest BCUT2D eigenvalue weighted by molar-refractivity contribution is -0.114. The Labute approximate surface area is 122 Å².